The van der Waals surface area contributed by atoms with Gasteiger partial charge in [-0.2, -0.15) is 0 Å². The van der Waals surface area contributed by atoms with Crippen molar-refractivity contribution in [1.82, 2.24) is 4.98 Å². The topological polar surface area (TPSA) is 48.4 Å². The van der Waals surface area contributed by atoms with E-state index in [4.69, 9.17) is 9.47 Å². The van der Waals surface area contributed by atoms with E-state index < -0.39 is 5.97 Å². The summed E-state index contributed by atoms with van der Waals surface area (Å²) in [6.07, 6.45) is 1.12. The standard InChI is InChI=1S/C17H13NO3S/c1-3-15(19)21-16-11(7-6-9-13(16)20-2)17-18-12-8-4-5-10-14(12)22-17/h3-10H,1H2,2H3. The summed E-state index contributed by atoms with van der Waals surface area (Å²) < 4.78 is 11.7. The van der Waals surface area contributed by atoms with Crippen molar-refractivity contribution in [1.29, 1.82) is 0 Å². The normalized spacial score (nSPS) is 10.4. The van der Waals surface area contributed by atoms with Crippen molar-refractivity contribution in [3.8, 4) is 22.1 Å². The molecule has 3 aromatic rings. The Labute approximate surface area is 131 Å². The summed E-state index contributed by atoms with van der Waals surface area (Å²) >= 11 is 1.53. The van der Waals surface area contributed by atoms with Crippen molar-refractivity contribution in [3.05, 3.63) is 55.1 Å². The quantitative estimate of drug-likeness (QED) is 0.414. The second-order valence-electron chi connectivity index (χ2n) is 4.45. The van der Waals surface area contributed by atoms with Gasteiger partial charge in [-0.3, -0.25) is 0 Å². The van der Waals surface area contributed by atoms with E-state index in [1.807, 2.05) is 36.4 Å². The van der Waals surface area contributed by atoms with E-state index in [2.05, 4.69) is 11.6 Å². The molecule has 2 aromatic carbocycles. The first-order valence-electron chi connectivity index (χ1n) is 6.60. The minimum Gasteiger partial charge on any atom is -0.493 e. The summed E-state index contributed by atoms with van der Waals surface area (Å²) in [7, 11) is 1.53. The molecule has 0 atom stereocenters. The average molecular weight is 311 g/mol. The van der Waals surface area contributed by atoms with Gasteiger partial charge in [0, 0.05) is 6.08 Å². The van der Waals surface area contributed by atoms with Crippen molar-refractivity contribution in [2.75, 3.05) is 7.11 Å². The maximum atomic E-state index is 11.6. The van der Waals surface area contributed by atoms with Crippen LogP contribution in [0.4, 0.5) is 0 Å². The lowest BCUT2D eigenvalue weighted by Crippen LogP contribution is -2.05. The number of thiazole rings is 1. The summed E-state index contributed by atoms with van der Waals surface area (Å²) in [6.45, 7) is 3.42. The van der Waals surface area contributed by atoms with E-state index in [0.717, 1.165) is 26.9 Å². The molecular weight excluding hydrogens is 298 g/mol. The van der Waals surface area contributed by atoms with E-state index in [9.17, 15) is 4.79 Å². The summed E-state index contributed by atoms with van der Waals surface area (Å²) in [4.78, 5) is 16.2. The zero-order valence-electron chi connectivity index (χ0n) is 11.9. The first kappa shape index (κ1) is 14.3. The second-order valence-corrected chi connectivity index (χ2v) is 5.48. The molecule has 0 aliphatic heterocycles. The van der Waals surface area contributed by atoms with Crippen LogP contribution in [0.2, 0.25) is 0 Å². The molecule has 3 rings (SSSR count). The first-order valence-corrected chi connectivity index (χ1v) is 7.41. The van der Waals surface area contributed by atoms with Crippen molar-refractivity contribution in [3.63, 3.8) is 0 Å². The van der Waals surface area contributed by atoms with Crippen LogP contribution >= 0.6 is 11.3 Å². The van der Waals surface area contributed by atoms with Gasteiger partial charge >= 0.3 is 5.97 Å². The molecule has 0 N–H and O–H groups in total. The smallest absolute Gasteiger partial charge is 0.335 e. The van der Waals surface area contributed by atoms with E-state index in [0.29, 0.717) is 11.5 Å². The molecule has 0 fully saturated rings. The Morgan fingerprint density at radius 1 is 1.23 bits per heavy atom. The fourth-order valence-electron chi connectivity index (χ4n) is 2.08. The number of carbonyl (C=O) groups excluding carboxylic acids is 1. The lowest BCUT2D eigenvalue weighted by atomic mass is 10.2. The lowest BCUT2D eigenvalue weighted by molar-refractivity contribution is -0.129. The number of carbonyl (C=O) groups is 1. The van der Waals surface area contributed by atoms with Crippen LogP contribution in [0.3, 0.4) is 0 Å². The number of esters is 1. The molecule has 0 amide bonds. The zero-order valence-corrected chi connectivity index (χ0v) is 12.7. The summed E-state index contributed by atoms with van der Waals surface area (Å²) in [6, 6.07) is 13.3. The van der Waals surface area contributed by atoms with Gasteiger partial charge in [0.2, 0.25) is 0 Å². The number of para-hydroxylation sites is 2. The third kappa shape index (κ3) is 2.58. The van der Waals surface area contributed by atoms with E-state index in [-0.39, 0.29) is 0 Å². The highest BCUT2D eigenvalue weighted by Crippen LogP contribution is 2.41. The third-order valence-corrected chi connectivity index (χ3v) is 4.16. The fraction of sp³-hybridized carbons (Fsp3) is 0.0588. The first-order chi connectivity index (χ1) is 10.7. The fourth-order valence-corrected chi connectivity index (χ4v) is 3.07. The van der Waals surface area contributed by atoms with Crippen LogP contribution in [0.5, 0.6) is 11.5 Å². The minimum absolute atomic E-state index is 0.356. The van der Waals surface area contributed by atoms with Gasteiger partial charge in [-0.15, -0.1) is 11.3 Å². The van der Waals surface area contributed by atoms with Gasteiger partial charge in [0.05, 0.1) is 22.9 Å². The SMILES string of the molecule is C=CC(=O)Oc1c(OC)cccc1-c1nc2ccccc2s1. The molecule has 0 radical (unpaired) electrons. The molecule has 0 aliphatic rings. The van der Waals surface area contributed by atoms with Crippen LogP contribution in [0, 0.1) is 0 Å². The maximum absolute atomic E-state index is 11.6. The van der Waals surface area contributed by atoms with Crippen LogP contribution in [0.25, 0.3) is 20.8 Å². The molecule has 4 nitrogen and oxygen atoms in total. The Bertz CT molecular complexity index is 821. The molecule has 0 saturated heterocycles. The molecule has 0 unspecified atom stereocenters. The number of hydrogen-bond acceptors (Lipinski definition) is 5. The van der Waals surface area contributed by atoms with Crippen molar-refractivity contribution < 1.29 is 14.3 Å². The summed E-state index contributed by atoms with van der Waals surface area (Å²) in [5.74, 6) is 0.299. The van der Waals surface area contributed by atoms with Gasteiger partial charge in [0.25, 0.3) is 0 Å². The number of methoxy groups -OCH3 is 1. The number of aromatic nitrogens is 1. The van der Waals surface area contributed by atoms with E-state index in [1.54, 1.807) is 6.07 Å². The molecule has 5 heteroatoms. The molecule has 22 heavy (non-hydrogen) atoms. The number of ether oxygens (including phenoxy) is 2. The Morgan fingerprint density at radius 2 is 2.05 bits per heavy atom. The van der Waals surface area contributed by atoms with Crippen LogP contribution in [0.1, 0.15) is 0 Å². The van der Waals surface area contributed by atoms with Gasteiger partial charge in [-0.25, -0.2) is 9.78 Å². The molecule has 110 valence electrons. The van der Waals surface area contributed by atoms with Crippen LogP contribution in [-0.2, 0) is 4.79 Å². The Morgan fingerprint density at radius 3 is 2.77 bits per heavy atom. The molecule has 0 bridgehead atoms. The van der Waals surface area contributed by atoms with Gasteiger partial charge in [-0.05, 0) is 24.3 Å². The number of fused-ring (bicyclic) bond motifs is 1. The van der Waals surface area contributed by atoms with E-state index >= 15 is 0 Å². The Kier molecular flexibility index (Phi) is 3.89. The van der Waals surface area contributed by atoms with Crippen molar-refractivity contribution in [2.45, 2.75) is 0 Å². The number of hydrogen-bond donors (Lipinski definition) is 0. The van der Waals surface area contributed by atoms with Crippen LogP contribution < -0.4 is 9.47 Å². The van der Waals surface area contributed by atoms with E-state index in [1.165, 1.54) is 18.4 Å². The van der Waals surface area contributed by atoms with Crippen LogP contribution in [-0.4, -0.2) is 18.1 Å². The zero-order chi connectivity index (χ0) is 15.5. The predicted octanol–water partition coefficient (Wildman–Crippen LogP) is 4.06. The molecular formula is C17H13NO3S. The number of rotatable bonds is 4. The third-order valence-electron chi connectivity index (χ3n) is 3.09. The highest BCUT2D eigenvalue weighted by atomic mass is 32.1. The molecule has 1 heterocycles. The Hall–Kier alpha value is -2.66. The summed E-state index contributed by atoms with van der Waals surface area (Å²) in [5.41, 5.74) is 1.63. The van der Waals surface area contributed by atoms with Gasteiger partial charge in [0.15, 0.2) is 11.5 Å². The highest BCUT2D eigenvalue weighted by molar-refractivity contribution is 7.21. The van der Waals surface area contributed by atoms with Gasteiger partial charge in [0.1, 0.15) is 5.01 Å². The monoisotopic (exact) mass is 311 g/mol. The predicted molar refractivity (Wildman–Crippen MR) is 87.4 cm³/mol. The molecule has 0 saturated carbocycles. The molecule has 0 aliphatic carbocycles. The highest BCUT2D eigenvalue weighted by Gasteiger charge is 2.17. The maximum Gasteiger partial charge on any atom is 0.335 e. The van der Waals surface area contributed by atoms with Gasteiger partial charge < -0.3 is 9.47 Å². The largest absolute Gasteiger partial charge is 0.493 e. The average Bonchev–Trinajstić information content (AvgIpc) is 2.98. The van der Waals surface area contributed by atoms with Crippen molar-refractivity contribution in [2.24, 2.45) is 0 Å². The minimum atomic E-state index is -0.535. The molecule has 0 spiro atoms. The van der Waals surface area contributed by atoms with Crippen LogP contribution in [0.15, 0.2) is 55.1 Å². The van der Waals surface area contributed by atoms with Crippen molar-refractivity contribution >= 4 is 27.5 Å². The molecule has 1 aromatic heterocycles. The van der Waals surface area contributed by atoms with Gasteiger partial charge in [-0.1, -0.05) is 24.8 Å². The Balaban J connectivity index is 2.16. The number of nitrogens with zero attached hydrogens (tertiary/aromatic N) is 1. The number of benzene rings is 2. The lowest BCUT2D eigenvalue weighted by Gasteiger charge is -2.11. The summed E-state index contributed by atoms with van der Waals surface area (Å²) in [5, 5.41) is 0.770. The second kappa shape index (κ2) is 5.99.